The Morgan fingerprint density at radius 1 is 1.00 bits per heavy atom. The van der Waals surface area contributed by atoms with Crippen molar-refractivity contribution >= 4 is 27.7 Å². The van der Waals surface area contributed by atoms with Crippen LogP contribution in [0.15, 0.2) is 53.0 Å². The van der Waals surface area contributed by atoms with E-state index in [1.165, 1.54) is 5.56 Å². The normalized spacial score (nSPS) is 10.1. The SMILES string of the molecule is Cc1ccc(CNC(=O)CNC(=O)c2ccccc2Br)cc1. The van der Waals surface area contributed by atoms with Crippen molar-refractivity contribution in [3.63, 3.8) is 0 Å². The second-order valence-electron chi connectivity index (χ2n) is 4.92. The van der Waals surface area contributed by atoms with Gasteiger partial charge in [-0.2, -0.15) is 0 Å². The molecule has 2 rings (SSSR count). The minimum absolute atomic E-state index is 0.0496. The van der Waals surface area contributed by atoms with Gasteiger partial charge in [-0.15, -0.1) is 0 Å². The smallest absolute Gasteiger partial charge is 0.252 e. The van der Waals surface area contributed by atoms with E-state index in [0.29, 0.717) is 16.6 Å². The molecule has 22 heavy (non-hydrogen) atoms. The molecular formula is C17H17BrN2O2. The molecule has 0 heterocycles. The van der Waals surface area contributed by atoms with E-state index in [-0.39, 0.29) is 18.4 Å². The summed E-state index contributed by atoms with van der Waals surface area (Å²) in [7, 11) is 0. The van der Waals surface area contributed by atoms with Crippen molar-refractivity contribution in [2.24, 2.45) is 0 Å². The highest BCUT2D eigenvalue weighted by Crippen LogP contribution is 2.15. The van der Waals surface area contributed by atoms with Crippen molar-refractivity contribution in [2.75, 3.05) is 6.54 Å². The summed E-state index contributed by atoms with van der Waals surface area (Å²) in [5, 5.41) is 5.38. The Hall–Kier alpha value is -2.14. The molecule has 5 heteroatoms. The Kier molecular flexibility index (Phi) is 5.72. The summed E-state index contributed by atoms with van der Waals surface area (Å²) in [5.74, 6) is -0.501. The third-order valence-corrected chi connectivity index (χ3v) is 3.83. The maximum Gasteiger partial charge on any atom is 0.252 e. The first-order valence-electron chi connectivity index (χ1n) is 6.91. The van der Waals surface area contributed by atoms with Crippen molar-refractivity contribution in [1.82, 2.24) is 10.6 Å². The molecule has 2 aromatic rings. The molecule has 0 unspecified atom stereocenters. The summed E-state index contributed by atoms with van der Waals surface area (Å²) in [5.41, 5.74) is 2.71. The van der Waals surface area contributed by atoms with Crippen LogP contribution in [0.1, 0.15) is 21.5 Å². The van der Waals surface area contributed by atoms with Gasteiger partial charge >= 0.3 is 0 Å². The van der Waals surface area contributed by atoms with Crippen molar-refractivity contribution in [1.29, 1.82) is 0 Å². The van der Waals surface area contributed by atoms with Gasteiger partial charge in [0.05, 0.1) is 12.1 Å². The number of hydrogen-bond donors (Lipinski definition) is 2. The topological polar surface area (TPSA) is 58.2 Å². The fourth-order valence-corrected chi connectivity index (χ4v) is 2.34. The molecule has 0 aliphatic carbocycles. The monoisotopic (exact) mass is 360 g/mol. The molecule has 0 fully saturated rings. The fourth-order valence-electron chi connectivity index (χ4n) is 1.87. The van der Waals surface area contributed by atoms with E-state index >= 15 is 0 Å². The van der Waals surface area contributed by atoms with Crippen LogP contribution in [0.25, 0.3) is 0 Å². The highest BCUT2D eigenvalue weighted by molar-refractivity contribution is 9.10. The maximum atomic E-state index is 12.0. The standard InChI is InChI=1S/C17H17BrN2O2/c1-12-6-8-13(9-7-12)10-19-16(21)11-20-17(22)14-4-2-3-5-15(14)18/h2-9H,10-11H2,1H3,(H,19,21)(H,20,22). The summed E-state index contributed by atoms with van der Waals surface area (Å²) in [6.07, 6.45) is 0. The second kappa shape index (κ2) is 7.75. The van der Waals surface area contributed by atoms with E-state index in [2.05, 4.69) is 26.6 Å². The molecule has 2 aromatic carbocycles. The number of nitrogens with one attached hydrogen (secondary N) is 2. The van der Waals surface area contributed by atoms with Gasteiger partial charge in [-0.05, 0) is 40.5 Å². The van der Waals surface area contributed by atoms with E-state index < -0.39 is 0 Å². The number of benzene rings is 2. The summed E-state index contributed by atoms with van der Waals surface area (Å²) >= 11 is 3.31. The summed E-state index contributed by atoms with van der Waals surface area (Å²) in [4.78, 5) is 23.7. The van der Waals surface area contributed by atoms with Crippen LogP contribution < -0.4 is 10.6 Å². The van der Waals surface area contributed by atoms with E-state index in [0.717, 1.165) is 5.56 Å². The number of aryl methyl sites for hydroxylation is 1. The molecular weight excluding hydrogens is 344 g/mol. The van der Waals surface area contributed by atoms with Crippen LogP contribution in [0.4, 0.5) is 0 Å². The Balaban J connectivity index is 1.79. The zero-order valence-electron chi connectivity index (χ0n) is 12.2. The van der Waals surface area contributed by atoms with Crippen LogP contribution in [-0.4, -0.2) is 18.4 Å². The molecule has 0 spiro atoms. The van der Waals surface area contributed by atoms with Gasteiger partial charge in [-0.3, -0.25) is 9.59 Å². The molecule has 2 amide bonds. The lowest BCUT2D eigenvalue weighted by atomic mass is 10.1. The zero-order valence-corrected chi connectivity index (χ0v) is 13.8. The van der Waals surface area contributed by atoms with Crippen molar-refractivity contribution in [3.8, 4) is 0 Å². The average Bonchev–Trinajstić information content (AvgIpc) is 2.52. The molecule has 0 aromatic heterocycles. The largest absolute Gasteiger partial charge is 0.350 e. The molecule has 0 radical (unpaired) electrons. The number of carbonyl (C=O) groups excluding carboxylic acids is 2. The van der Waals surface area contributed by atoms with Crippen LogP contribution in [0, 0.1) is 6.92 Å². The van der Waals surface area contributed by atoms with Crippen LogP contribution in [0.3, 0.4) is 0 Å². The van der Waals surface area contributed by atoms with Crippen molar-refractivity contribution < 1.29 is 9.59 Å². The second-order valence-corrected chi connectivity index (χ2v) is 5.78. The highest BCUT2D eigenvalue weighted by Gasteiger charge is 2.10. The quantitative estimate of drug-likeness (QED) is 0.861. The Morgan fingerprint density at radius 3 is 2.36 bits per heavy atom. The van der Waals surface area contributed by atoms with Gasteiger partial charge in [0.2, 0.25) is 5.91 Å². The lowest BCUT2D eigenvalue weighted by molar-refractivity contribution is -0.120. The summed E-state index contributed by atoms with van der Waals surface area (Å²) in [6.45, 7) is 2.41. The summed E-state index contributed by atoms with van der Waals surface area (Å²) in [6, 6.07) is 15.0. The third-order valence-electron chi connectivity index (χ3n) is 3.14. The minimum atomic E-state index is -0.280. The van der Waals surface area contributed by atoms with E-state index in [1.54, 1.807) is 18.2 Å². The molecule has 0 saturated heterocycles. The minimum Gasteiger partial charge on any atom is -0.350 e. The number of amides is 2. The van der Waals surface area contributed by atoms with E-state index in [4.69, 9.17) is 0 Å². The maximum absolute atomic E-state index is 12.0. The van der Waals surface area contributed by atoms with Crippen LogP contribution in [0.2, 0.25) is 0 Å². The van der Waals surface area contributed by atoms with Gasteiger partial charge in [-0.25, -0.2) is 0 Å². The van der Waals surface area contributed by atoms with Crippen LogP contribution in [0.5, 0.6) is 0 Å². The predicted molar refractivity (Wildman–Crippen MR) is 89.5 cm³/mol. The zero-order chi connectivity index (χ0) is 15.9. The summed E-state index contributed by atoms with van der Waals surface area (Å²) < 4.78 is 0.701. The molecule has 2 N–H and O–H groups in total. The van der Waals surface area contributed by atoms with E-state index in [9.17, 15) is 9.59 Å². The average molecular weight is 361 g/mol. The van der Waals surface area contributed by atoms with E-state index in [1.807, 2.05) is 37.3 Å². The lowest BCUT2D eigenvalue weighted by Crippen LogP contribution is -2.36. The van der Waals surface area contributed by atoms with Crippen molar-refractivity contribution in [2.45, 2.75) is 13.5 Å². The molecule has 0 aliphatic heterocycles. The molecule has 4 nitrogen and oxygen atoms in total. The molecule has 0 bridgehead atoms. The van der Waals surface area contributed by atoms with Gasteiger partial charge < -0.3 is 10.6 Å². The Morgan fingerprint density at radius 2 is 1.68 bits per heavy atom. The van der Waals surface area contributed by atoms with Gasteiger partial charge in [0.1, 0.15) is 0 Å². The van der Waals surface area contributed by atoms with Crippen LogP contribution >= 0.6 is 15.9 Å². The van der Waals surface area contributed by atoms with Gasteiger partial charge in [0, 0.05) is 11.0 Å². The van der Waals surface area contributed by atoms with Gasteiger partial charge in [-0.1, -0.05) is 42.0 Å². The Bertz CT molecular complexity index is 669. The lowest BCUT2D eigenvalue weighted by Gasteiger charge is -2.08. The predicted octanol–water partition coefficient (Wildman–Crippen LogP) is 2.80. The molecule has 0 aliphatic rings. The molecule has 0 saturated carbocycles. The van der Waals surface area contributed by atoms with Gasteiger partial charge in [0.15, 0.2) is 0 Å². The number of halogens is 1. The van der Waals surface area contributed by atoms with Crippen molar-refractivity contribution in [3.05, 3.63) is 69.7 Å². The Labute approximate surface area is 138 Å². The van der Waals surface area contributed by atoms with Gasteiger partial charge in [0.25, 0.3) is 5.91 Å². The fraction of sp³-hybridized carbons (Fsp3) is 0.176. The first-order valence-corrected chi connectivity index (χ1v) is 7.70. The first kappa shape index (κ1) is 16.2. The number of hydrogen-bond acceptors (Lipinski definition) is 2. The third kappa shape index (κ3) is 4.70. The highest BCUT2D eigenvalue weighted by atomic mass is 79.9. The molecule has 0 atom stereocenters. The number of rotatable bonds is 5. The first-order chi connectivity index (χ1) is 10.6. The number of carbonyl (C=O) groups is 2. The van der Waals surface area contributed by atoms with Crippen LogP contribution in [-0.2, 0) is 11.3 Å². The molecule has 114 valence electrons.